The van der Waals surface area contributed by atoms with Crippen LogP contribution in [-0.2, 0) is 21.2 Å². The van der Waals surface area contributed by atoms with E-state index in [4.69, 9.17) is 0 Å². The zero-order valence-electron chi connectivity index (χ0n) is 14.2. The van der Waals surface area contributed by atoms with Gasteiger partial charge in [-0.2, -0.15) is 0 Å². The van der Waals surface area contributed by atoms with Crippen molar-refractivity contribution < 1.29 is 22.4 Å². The van der Waals surface area contributed by atoms with E-state index in [1.54, 1.807) is 6.07 Å². The van der Waals surface area contributed by atoms with Gasteiger partial charge in [0.15, 0.2) is 0 Å². The molecule has 0 heterocycles. The van der Waals surface area contributed by atoms with Crippen molar-refractivity contribution in [3.05, 3.63) is 65.5 Å². The predicted octanol–water partition coefficient (Wildman–Crippen LogP) is 1.08. The second-order valence-corrected chi connectivity index (χ2v) is 7.78. The molecule has 7 nitrogen and oxygen atoms in total. The first-order valence-electron chi connectivity index (χ1n) is 7.56. The van der Waals surface area contributed by atoms with E-state index in [1.165, 1.54) is 56.6 Å². The van der Waals surface area contributed by atoms with Gasteiger partial charge in [0.05, 0.1) is 11.3 Å². The molecule has 2 rings (SSSR count). The van der Waals surface area contributed by atoms with Crippen molar-refractivity contribution in [1.29, 1.82) is 0 Å². The Morgan fingerprint density at radius 2 is 1.73 bits per heavy atom. The Bertz CT molecular complexity index is 929. The molecule has 0 fully saturated rings. The maximum absolute atomic E-state index is 13.1. The molecule has 0 spiro atoms. The monoisotopic (exact) mass is 379 g/mol. The summed E-state index contributed by atoms with van der Waals surface area (Å²) in [6.45, 7) is 0. The second-order valence-electron chi connectivity index (χ2n) is 5.62. The summed E-state index contributed by atoms with van der Waals surface area (Å²) in [7, 11) is -0.911. The Morgan fingerprint density at radius 1 is 1.04 bits per heavy atom. The van der Waals surface area contributed by atoms with Crippen molar-refractivity contribution in [2.45, 2.75) is 11.3 Å². The van der Waals surface area contributed by atoms with Crippen LogP contribution in [0.25, 0.3) is 0 Å². The molecule has 0 bridgehead atoms. The number of benzene rings is 2. The quantitative estimate of drug-likeness (QED) is 0.760. The number of carbonyl (C=O) groups is 2. The van der Waals surface area contributed by atoms with Crippen LogP contribution in [0.4, 0.5) is 4.39 Å². The maximum atomic E-state index is 13.1. The minimum atomic E-state index is -3.68. The number of nitrogens with one attached hydrogen (secondary N) is 2. The molecular formula is C17H18FN3O4S. The molecule has 0 saturated carbocycles. The van der Waals surface area contributed by atoms with Crippen molar-refractivity contribution in [1.82, 2.24) is 15.2 Å². The molecule has 0 atom stereocenters. The minimum Gasteiger partial charge on any atom is -0.273 e. The Balaban J connectivity index is 2.01. The maximum Gasteiger partial charge on any atom is 0.269 e. The van der Waals surface area contributed by atoms with E-state index in [9.17, 15) is 22.4 Å². The normalized spacial score (nSPS) is 11.2. The zero-order chi connectivity index (χ0) is 19.3. The summed E-state index contributed by atoms with van der Waals surface area (Å²) in [5.74, 6) is -1.67. The Labute approximate surface area is 150 Å². The number of amides is 2. The van der Waals surface area contributed by atoms with Gasteiger partial charge in [-0.25, -0.2) is 17.1 Å². The Hall–Kier alpha value is -2.78. The lowest BCUT2D eigenvalue weighted by Gasteiger charge is -2.12. The third kappa shape index (κ3) is 4.87. The van der Waals surface area contributed by atoms with Crippen LogP contribution in [0.1, 0.15) is 15.9 Å². The van der Waals surface area contributed by atoms with E-state index in [-0.39, 0.29) is 16.9 Å². The third-order valence-electron chi connectivity index (χ3n) is 3.44. The summed E-state index contributed by atoms with van der Waals surface area (Å²) < 4.78 is 38.3. The number of hydrogen-bond donors (Lipinski definition) is 2. The van der Waals surface area contributed by atoms with Crippen molar-refractivity contribution in [2.24, 2.45) is 0 Å². The van der Waals surface area contributed by atoms with Crippen LogP contribution >= 0.6 is 0 Å². The van der Waals surface area contributed by atoms with E-state index in [1.807, 2.05) is 0 Å². The number of nitrogens with zero attached hydrogens (tertiary/aromatic N) is 1. The average Bonchev–Trinajstić information content (AvgIpc) is 2.59. The van der Waals surface area contributed by atoms with Gasteiger partial charge in [-0.05, 0) is 35.9 Å². The highest BCUT2D eigenvalue weighted by atomic mass is 32.2. The summed E-state index contributed by atoms with van der Waals surface area (Å²) in [6, 6.07) is 11.0. The summed E-state index contributed by atoms with van der Waals surface area (Å²) in [5, 5.41) is 0. The molecule has 26 heavy (non-hydrogen) atoms. The highest BCUT2D eigenvalue weighted by Crippen LogP contribution is 2.14. The number of sulfonamides is 1. The number of hydrogen-bond acceptors (Lipinski definition) is 4. The molecule has 0 aliphatic carbocycles. The standard InChI is InChI=1S/C17H18FN3O4S/c1-21(2)26(24,25)15-8-4-6-13(11-15)17(23)20-19-16(22)10-12-5-3-7-14(18)9-12/h3-9,11H,10H2,1-2H3,(H,19,22)(H,20,23). The molecule has 0 aliphatic heterocycles. The van der Waals surface area contributed by atoms with Crippen molar-refractivity contribution in [3.8, 4) is 0 Å². The van der Waals surface area contributed by atoms with Gasteiger partial charge in [0.1, 0.15) is 5.82 Å². The van der Waals surface area contributed by atoms with Crippen LogP contribution in [0.5, 0.6) is 0 Å². The fraction of sp³-hybridized carbons (Fsp3) is 0.176. The Morgan fingerprint density at radius 3 is 2.38 bits per heavy atom. The molecule has 9 heteroatoms. The molecule has 0 aromatic heterocycles. The van der Waals surface area contributed by atoms with E-state index < -0.39 is 27.7 Å². The highest BCUT2D eigenvalue weighted by Gasteiger charge is 2.18. The number of rotatable bonds is 5. The fourth-order valence-electron chi connectivity index (χ4n) is 2.08. The first-order chi connectivity index (χ1) is 12.2. The zero-order valence-corrected chi connectivity index (χ0v) is 15.0. The summed E-state index contributed by atoms with van der Waals surface area (Å²) in [6.07, 6.45) is -0.118. The highest BCUT2D eigenvalue weighted by molar-refractivity contribution is 7.89. The van der Waals surface area contributed by atoms with E-state index in [0.717, 1.165) is 4.31 Å². The summed E-state index contributed by atoms with van der Waals surface area (Å²) in [5.41, 5.74) is 4.93. The molecular weight excluding hydrogens is 361 g/mol. The molecule has 138 valence electrons. The van der Waals surface area contributed by atoms with Gasteiger partial charge < -0.3 is 0 Å². The lowest BCUT2D eigenvalue weighted by atomic mass is 10.1. The first-order valence-corrected chi connectivity index (χ1v) is 9.00. The first kappa shape index (κ1) is 19.5. The topological polar surface area (TPSA) is 95.6 Å². The van der Waals surface area contributed by atoms with Crippen LogP contribution in [0.15, 0.2) is 53.4 Å². The molecule has 0 saturated heterocycles. The molecule has 0 unspecified atom stereocenters. The van der Waals surface area contributed by atoms with Gasteiger partial charge in [0, 0.05) is 19.7 Å². The largest absolute Gasteiger partial charge is 0.273 e. The van der Waals surface area contributed by atoms with Crippen molar-refractivity contribution in [2.75, 3.05) is 14.1 Å². The van der Waals surface area contributed by atoms with Gasteiger partial charge >= 0.3 is 0 Å². The van der Waals surface area contributed by atoms with Crippen LogP contribution in [0.3, 0.4) is 0 Å². The van der Waals surface area contributed by atoms with Gasteiger partial charge in [0.25, 0.3) is 5.91 Å². The van der Waals surface area contributed by atoms with Gasteiger partial charge in [-0.1, -0.05) is 18.2 Å². The van der Waals surface area contributed by atoms with Crippen LogP contribution in [0.2, 0.25) is 0 Å². The number of halogens is 1. The van der Waals surface area contributed by atoms with E-state index >= 15 is 0 Å². The average molecular weight is 379 g/mol. The molecule has 0 radical (unpaired) electrons. The smallest absolute Gasteiger partial charge is 0.269 e. The Kier molecular flexibility index (Phi) is 6.06. The fourth-order valence-corrected chi connectivity index (χ4v) is 3.03. The van der Waals surface area contributed by atoms with Crippen molar-refractivity contribution in [3.63, 3.8) is 0 Å². The molecule has 2 aromatic carbocycles. The molecule has 2 amide bonds. The second kappa shape index (κ2) is 8.07. The SMILES string of the molecule is CN(C)S(=O)(=O)c1cccc(C(=O)NNC(=O)Cc2cccc(F)c2)c1. The number of carbonyl (C=O) groups excluding carboxylic acids is 2. The van der Waals surface area contributed by atoms with Crippen LogP contribution < -0.4 is 10.9 Å². The predicted molar refractivity (Wildman–Crippen MR) is 93.0 cm³/mol. The third-order valence-corrected chi connectivity index (χ3v) is 5.26. The summed E-state index contributed by atoms with van der Waals surface area (Å²) in [4.78, 5) is 23.9. The number of hydrazine groups is 1. The van der Waals surface area contributed by atoms with E-state index in [2.05, 4.69) is 10.9 Å². The van der Waals surface area contributed by atoms with Crippen LogP contribution in [-0.4, -0.2) is 38.6 Å². The van der Waals surface area contributed by atoms with Gasteiger partial charge in [-0.3, -0.25) is 20.4 Å². The van der Waals surface area contributed by atoms with Gasteiger partial charge in [0.2, 0.25) is 15.9 Å². The molecule has 0 aliphatic rings. The van der Waals surface area contributed by atoms with Crippen LogP contribution in [0, 0.1) is 5.82 Å². The van der Waals surface area contributed by atoms with E-state index in [0.29, 0.717) is 5.56 Å². The molecule has 2 N–H and O–H groups in total. The van der Waals surface area contributed by atoms with Gasteiger partial charge in [-0.15, -0.1) is 0 Å². The minimum absolute atomic E-state index is 0.0405. The molecule has 2 aromatic rings. The lowest BCUT2D eigenvalue weighted by Crippen LogP contribution is -2.42. The lowest BCUT2D eigenvalue weighted by molar-refractivity contribution is -0.121. The summed E-state index contributed by atoms with van der Waals surface area (Å²) >= 11 is 0. The van der Waals surface area contributed by atoms with Crippen molar-refractivity contribution >= 4 is 21.8 Å².